The highest BCUT2D eigenvalue weighted by Gasteiger charge is 2.56. The minimum Gasteiger partial charge on any atom is -0.391 e. The van der Waals surface area contributed by atoms with Crippen LogP contribution >= 0.6 is 0 Å². The monoisotopic (exact) mass is 361 g/mol. The Morgan fingerprint density at radius 1 is 1.46 bits per heavy atom. The summed E-state index contributed by atoms with van der Waals surface area (Å²) in [5, 5.41) is 20.7. The van der Waals surface area contributed by atoms with Crippen LogP contribution in [0.3, 0.4) is 0 Å². The molecule has 4 rings (SSSR count). The first kappa shape index (κ1) is 17.1. The molecule has 0 bridgehead atoms. The summed E-state index contributed by atoms with van der Waals surface area (Å²) in [7, 11) is 0. The number of allylic oxidation sites excluding steroid dienone is 1. The number of alkyl halides is 1. The van der Waals surface area contributed by atoms with Gasteiger partial charge in [0, 0.05) is 11.8 Å². The molecule has 0 spiro atoms. The van der Waals surface area contributed by atoms with E-state index in [0.29, 0.717) is 28.9 Å². The Kier molecular flexibility index (Phi) is 3.83. The number of anilines is 1. The van der Waals surface area contributed by atoms with Gasteiger partial charge in [0.2, 0.25) is 0 Å². The van der Waals surface area contributed by atoms with Gasteiger partial charge >= 0.3 is 0 Å². The lowest BCUT2D eigenvalue weighted by Gasteiger charge is -2.25. The number of nitrogen functional groups attached to an aromatic ring is 1. The van der Waals surface area contributed by atoms with Crippen LogP contribution in [0.25, 0.3) is 11.0 Å². The molecule has 8 nitrogen and oxygen atoms in total. The van der Waals surface area contributed by atoms with Crippen molar-refractivity contribution in [3.63, 3.8) is 0 Å². The smallest absolute Gasteiger partial charge is 0.181 e. The fourth-order valence-electron chi connectivity index (χ4n) is 3.56. The number of aliphatic hydroxyl groups is 2. The van der Waals surface area contributed by atoms with Gasteiger partial charge in [-0.15, -0.1) is 0 Å². The topological polar surface area (TPSA) is 119 Å². The van der Waals surface area contributed by atoms with E-state index < -0.39 is 30.2 Å². The van der Waals surface area contributed by atoms with Crippen molar-refractivity contribution in [1.82, 2.24) is 14.5 Å². The number of ether oxygens (including phenoxy) is 1. The van der Waals surface area contributed by atoms with Crippen molar-refractivity contribution in [1.29, 1.82) is 0 Å². The molecule has 2 aromatic rings. The molecule has 9 heteroatoms. The van der Waals surface area contributed by atoms with E-state index in [4.69, 9.17) is 10.5 Å². The Bertz CT molecular complexity index is 921. The van der Waals surface area contributed by atoms with E-state index >= 15 is 4.39 Å². The fraction of sp³-hybridized carbons (Fsp3) is 0.471. The number of aliphatic hydroxyl groups excluding tert-OH is 2. The van der Waals surface area contributed by atoms with Gasteiger partial charge in [-0.3, -0.25) is 4.99 Å². The highest BCUT2D eigenvalue weighted by Crippen LogP contribution is 2.44. The van der Waals surface area contributed by atoms with Crippen LogP contribution in [0.5, 0.6) is 0 Å². The molecule has 2 aromatic heterocycles. The predicted molar refractivity (Wildman–Crippen MR) is 93.6 cm³/mol. The van der Waals surface area contributed by atoms with Crippen molar-refractivity contribution in [2.75, 3.05) is 12.3 Å². The van der Waals surface area contributed by atoms with Crippen molar-refractivity contribution in [3.05, 3.63) is 30.2 Å². The molecule has 1 saturated heterocycles. The van der Waals surface area contributed by atoms with Crippen molar-refractivity contribution >= 4 is 22.6 Å². The summed E-state index contributed by atoms with van der Waals surface area (Å²) >= 11 is 0. The molecule has 4 heterocycles. The second kappa shape index (κ2) is 5.83. The lowest BCUT2D eigenvalue weighted by molar-refractivity contribution is -0.0793. The summed E-state index contributed by atoms with van der Waals surface area (Å²) in [4.78, 5) is 12.7. The third kappa shape index (κ3) is 2.35. The SMILES string of the molecule is CC(O)[C@H]1O[C@@H](n2cc(C3=NCC=C3)c3c(N)ncnc32)[C@](C)(F)[C@@H]1O. The summed E-state index contributed by atoms with van der Waals surface area (Å²) in [6.07, 6.45) is 1.93. The van der Waals surface area contributed by atoms with Gasteiger partial charge in [-0.2, -0.15) is 0 Å². The van der Waals surface area contributed by atoms with Gasteiger partial charge in [0.05, 0.1) is 23.7 Å². The quantitative estimate of drug-likeness (QED) is 0.742. The fourth-order valence-corrected chi connectivity index (χ4v) is 3.56. The van der Waals surface area contributed by atoms with Crippen LogP contribution in [-0.2, 0) is 4.74 Å². The second-order valence-electron chi connectivity index (χ2n) is 6.83. The maximum atomic E-state index is 15.4. The molecule has 2 aliphatic heterocycles. The third-order valence-electron chi connectivity index (χ3n) is 4.94. The minimum absolute atomic E-state index is 0.248. The Hall–Kier alpha value is -2.36. The molecule has 5 atom stereocenters. The minimum atomic E-state index is -2.14. The number of hydrogen-bond acceptors (Lipinski definition) is 7. The first-order chi connectivity index (χ1) is 12.3. The first-order valence-corrected chi connectivity index (χ1v) is 8.35. The summed E-state index contributed by atoms with van der Waals surface area (Å²) in [5.41, 5.74) is 5.64. The molecule has 1 fully saturated rings. The van der Waals surface area contributed by atoms with Gasteiger partial charge in [0.25, 0.3) is 0 Å². The van der Waals surface area contributed by atoms with Gasteiger partial charge in [0.15, 0.2) is 11.9 Å². The van der Waals surface area contributed by atoms with Crippen LogP contribution in [0.4, 0.5) is 10.2 Å². The van der Waals surface area contributed by atoms with Crippen LogP contribution in [0.15, 0.2) is 29.7 Å². The van der Waals surface area contributed by atoms with Crippen molar-refractivity contribution < 1.29 is 19.3 Å². The summed E-state index contributed by atoms with van der Waals surface area (Å²) in [6, 6.07) is 0. The van der Waals surface area contributed by atoms with Crippen LogP contribution in [0, 0.1) is 0 Å². The number of aromatic nitrogens is 3. The van der Waals surface area contributed by atoms with Gasteiger partial charge in [-0.05, 0) is 19.9 Å². The van der Waals surface area contributed by atoms with Crippen LogP contribution in [0.2, 0.25) is 0 Å². The average molecular weight is 361 g/mol. The molecule has 0 amide bonds. The van der Waals surface area contributed by atoms with E-state index in [2.05, 4.69) is 15.0 Å². The Morgan fingerprint density at radius 3 is 2.85 bits per heavy atom. The molecular weight excluding hydrogens is 341 g/mol. The maximum absolute atomic E-state index is 15.4. The number of hydrogen-bond donors (Lipinski definition) is 3. The zero-order chi connectivity index (χ0) is 18.6. The first-order valence-electron chi connectivity index (χ1n) is 8.35. The third-order valence-corrected chi connectivity index (χ3v) is 4.94. The lowest BCUT2D eigenvalue weighted by atomic mass is 9.96. The summed E-state index contributed by atoms with van der Waals surface area (Å²) in [5.74, 6) is 0.248. The Labute approximate surface area is 148 Å². The molecule has 138 valence electrons. The number of rotatable bonds is 3. The van der Waals surface area contributed by atoms with E-state index in [1.807, 2.05) is 12.2 Å². The van der Waals surface area contributed by atoms with Crippen molar-refractivity contribution in [2.24, 2.45) is 4.99 Å². The van der Waals surface area contributed by atoms with Gasteiger partial charge in [0.1, 0.15) is 30.0 Å². The number of nitrogens with zero attached hydrogens (tertiary/aromatic N) is 4. The molecule has 4 N–H and O–H groups in total. The molecule has 1 unspecified atom stereocenters. The summed E-state index contributed by atoms with van der Waals surface area (Å²) in [6.45, 7) is 3.25. The van der Waals surface area contributed by atoms with E-state index in [1.165, 1.54) is 24.7 Å². The van der Waals surface area contributed by atoms with E-state index in [1.54, 1.807) is 6.20 Å². The normalized spacial score (nSPS) is 32.3. The van der Waals surface area contributed by atoms with Crippen molar-refractivity contribution in [3.8, 4) is 0 Å². The van der Waals surface area contributed by atoms with E-state index in [0.717, 1.165) is 0 Å². The van der Waals surface area contributed by atoms with Crippen molar-refractivity contribution in [2.45, 2.75) is 44.1 Å². The van der Waals surface area contributed by atoms with E-state index in [-0.39, 0.29) is 5.82 Å². The molecule has 0 radical (unpaired) electrons. The molecular formula is C17H20FN5O3. The molecule has 0 aliphatic carbocycles. The number of nitrogens with two attached hydrogens (primary N) is 1. The number of fused-ring (bicyclic) bond motifs is 1. The Balaban J connectivity index is 1.90. The maximum Gasteiger partial charge on any atom is 0.181 e. The highest BCUT2D eigenvalue weighted by molar-refractivity contribution is 6.18. The predicted octanol–water partition coefficient (Wildman–Crippen LogP) is 0.740. The largest absolute Gasteiger partial charge is 0.391 e. The molecule has 2 aliphatic rings. The van der Waals surface area contributed by atoms with Gasteiger partial charge < -0.3 is 25.3 Å². The molecule has 0 aromatic carbocycles. The number of aliphatic imine (C=N–C) groups is 1. The summed E-state index contributed by atoms with van der Waals surface area (Å²) < 4.78 is 22.5. The number of halogens is 1. The van der Waals surface area contributed by atoms with Gasteiger partial charge in [-0.1, -0.05) is 6.08 Å². The molecule has 0 saturated carbocycles. The highest BCUT2D eigenvalue weighted by atomic mass is 19.1. The van der Waals surface area contributed by atoms with Gasteiger partial charge in [-0.25, -0.2) is 14.4 Å². The Morgan fingerprint density at radius 2 is 2.23 bits per heavy atom. The van der Waals surface area contributed by atoms with Crippen LogP contribution < -0.4 is 5.73 Å². The zero-order valence-corrected chi connectivity index (χ0v) is 14.4. The average Bonchev–Trinajstić information content (AvgIpc) is 3.26. The van der Waals surface area contributed by atoms with E-state index in [9.17, 15) is 10.2 Å². The molecule has 26 heavy (non-hydrogen) atoms. The van der Waals surface area contributed by atoms with Crippen LogP contribution in [0.1, 0.15) is 25.6 Å². The standard InChI is InChI=1S/C17H20FN5O3/c1-8(24)12-13(25)17(2,18)16(26-12)23-6-9(10-4-3-5-20-10)11-14(19)21-7-22-15(11)23/h3-4,6-8,12-13,16,24-25H,5H2,1-2H3,(H2,19,21,22)/t8?,12-,13-,16-,17-/m1/s1. The lowest BCUT2D eigenvalue weighted by Crippen LogP contribution is -2.42. The second-order valence-corrected chi connectivity index (χ2v) is 6.83. The van der Waals surface area contributed by atoms with Crippen LogP contribution in [-0.4, -0.2) is 61.0 Å². The zero-order valence-electron chi connectivity index (χ0n) is 14.4.